The van der Waals surface area contributed by atoms with Crippen molar-refractivity contribution in [1.29, 1.82) is 0 Å². The first-order valence-corrected chi connectivity index (χ1v) is 6.10. The lowest BCUT2D eigenvalue weighted by Crippen LogP contribution is -2.14. The SMILES string of the molecule is CC(N)c1ccc(OCCC2CCC2)nc1. The summed E-state index contributed by atoms with van der Waals surface area (Å²) in [6.07, 6.45) is 7.10. The van der Waals surface area contributed by atoms with E-state index in [1.807, 2.05) is 19.1 Å². The van der Waals surface area contributed by atoms with Gasteiger partial charge in [-0.05, 0) is 24.8 Å². The molecule has 3 nitrogen and oxygen atoms in total. The fraction of sp³-hybridized carbons (Fsp3) is 0.615. The Hall–Kier alpha value is -1.09. The summed E-state index contributed by atoms with van der Waals surface area (Å²) in [5.41, 5.74) is 6.80. The van der Waals surface area contributed by atoms with Crippen molar-refractivity contribution in [2.45, 2.75) is 38.6 Å². The molecule has 1 aliphatic carbocycles. The minimum atomic E-state index is 0.0385. The van der Waals surface area contributed by atoms with Crippen LogP contribution in [0, 0.1) is 5.92 Å². The Morgan fingerprint density at radius 3 is 2.81 bits per heavy atom. The van der Waals surface area contributed by atoms with Crippen LogP contribution in [0.4, 0.5) is 0 Å². The van der Waals surface area contributed by atoms with E-state index < -0.39 is 0 Å². The van der Waals surface area contributed by atoms with Crippen LogP contribution in [0.25, 0.3) is 0 Å². The zero-order valence-electron chi connectivity index (χ0n) is 9.86. The standard InChI is InChI=1S/C13H20N2O/c1-10(14)12-5-6-13(15-9-12)16-8-7-11-3-2-4-11/h5-6,9-11H,2-4,7-8,14H2,1H3. The number of nitrogens with zero attached hydrogens (tertiary/aromatic N) is 1. The molecule has 1 saturated carbocycles. The van der Waals surface area contributed by atoms with Crippen molar-refractivity contribution in [2.24, 2.45) is 11.7 Å². The average Bonchev–Trinajstić information content (AvgIpc) is 2.22. The van der Waals surface area contributed by atoms with E-state index in [1.54, 1.807) is 6.20 Å². The largest absolute Gasteiger partial charge is 0.478 e. The first kappa shape index (κ1) is 11.4. The van der Waals surface area contributed by atoms with Crippen LogP contribution in [-0.4, -0.2) is 11.6 Å². The molecule has 16 heavy (non-hydrogen) atoms. The normalized spacial score (nSPS) is 17.9. The summed E-state index contributed by atoms with van der Waals surface area (Å²) in [5, 5.41) is 0. The molecule has 1 aromatic heterocycles. The maximum atomic E-state index is 5.75. The highest BCUT2D eigenvalue weighted by Crippen LogP contribution is 2.29. The van der Waals surface area contributed by atoms with Gasteiger partial charge in [0.1, 0.15) is 0 Å². The number of pyridine rings is 1. The van der Waals surface area contributed by atoms with E-state index >= 15 is 0 Å². The Kier molecular flexibility index (Phi) is 3.78. The highest BCUT2D eigenvalue weighted by Gasteiger charge is 2.16. The third kappa shape index (κ3) is 2.95. The molecule has 0 amide bonds. The average molecular weight is 220 g/mol. The van der Waals surface area contributed by atoms with Crippen LogP contribution in [0.15, 0.2) is 18.3 Å². The number of hydrogen-bond acceptors (Lipinski definition) is 3. The van der Waals surface area contributed by atoms with Gasteiger partial charge in [0.25, 0.3) is 0 Å². The number of rotatable bonds is 5. The zero-order valence-corrected chi connectivity index (χ0v) is 9.86. The third-order valence-corrected chi connectivity index (χ3v) is 3.29. The Balaban J connectivity index is 1.75. The first-order valence-electron chi connectivity index (χ1n) is 6.10. The lowest BCUT2D eigenvalue weighted by molar-refractivity contribution is 0.217. The fourth-order valence-corrected chi connectivity index (χ4v) is 1.86. The Morgan fingerprint density at radius 1 is 1.50 bits per heavy atom. The number of nitrogens with two attached hydrogens (primary N) is 1. The van der Waals surface area contributed by atoms with Gasteiger partial charge in [0.05, 0.1) is 6.61 Å². The van der Waals surface area contributed by atoms with E-state index in [4.69, 9.17) is 10.5 Å². The van der Waals surface area contributed by atoms with Crippen LogP contribution < -0.4 is 10.5 Å². The van der Waals surface area contributed by atoms with Crippen molar-refractivity contribution < 1.29 is 4.74 Å². The van der Waals surface area contributed by atoms with Gasteiger partial charge in [-0.1, -0.05) is 25.3 Å². The van der Waals surface area contributed by atoms with Crippen molar-refractivity contribution in [3.05, 3.63) is 23.9 Å². The zero-order chi connectivity index (χ0) is 11.4. The lowest BCUT2D eigenvalue weighted by Gasteiger charge is -2.24. The molecular formula is C13H20N2O. The molecule has 0 aromatic carbocycles. The third-order valence-electron chi connectivity index (χ3n) is 3.29. The summed E-state index contributed by atoms with van der Waals surface area (Å²) < 4.78 is 5.60. The Morgan fingerprint density at radius 2 is 2.31 bits per heavy atom. The number of ether oxygens (including phenoxy) is 1. The molecule has 1 fully saturated rings. The fourth-order valence-electron chi connectivity index (χ4n) is 1.86. The molecule has 3 heteroatoms. The second-order valence-corrected chi connectivity index (χ2v) is 4.65. The predicted octanol–water partition coefficient (Wildman–Crippen LogP) is 2.67. The van der Waals surface area contributed by atoms with Gasteiger partial charge in [-0.25, -0.2) is 4.98 Å². The predicted molar refractivity (Wildman–Crippen MR) is 64.3 cm³/mol. The number of hydrogen-bond donors (Lipinski definition) is 1. The molecule has 88 valence electrons. The van der Waals surface area contributed by atoms with Crippen molar-refractivity contribution in [1.82, 2.24) is 4.98 Å². The summed E-state index contributed by atoms with van der Waals surface area (Å²) in [4.78, 5) is 4.24. The molecule has 1 unspecified atom stereocenters. The molecular weight excluding hydrogens is 200 g/mol. The molecule has 2 N–H and O–H groups in total. The van der Waals surface area contributed by atoms with Crippen molar-refractivity contribution >= 4 is 0 Å². The molecule has 1 aromatic rings. The van der Waals surface area contributed by atoms with Crippen LogP contribution in [0.1, 0.15) is 44.2 Å². The van der Waals surface area contributed by atoms with Crippen LogP contribution in [0.2, 0.25) is 0 Å². The van der Waals surface area contributed by atoms with Gasteiger partial charge in [-0.3, -0.25) is 0 Å². The smallest absolute Gasteiger partial charge is 0.213 e. The van der Waals surface area contributed by atoms with Crippen LogP contribution >= 0.6 is 0 Å². The van der Waals surface area contributed by atoms with Gasteiger partial charge < -0.3 is 10.5 Å². The molecule has 2 rings (SSSR count). The highest BCUT2D eigenvalue weighted by atomic mass is 16.5. The molecule has 0 aliphatic heterocycles. The minimum Gasteiger partial charge on any atom is -0.478 e. The maximum absolute atomic E-state index is 5.75. The lowest BCUT2D eigenvalue weighted by atomic mass is 9.83. The minimum absolute atomic E-state index is 0.0385. The topological polar surface area (TPSA) is 48.1 Å². The Bertz CT molecular complexity index is 317. The first-order chi connectivity index (χ1) is 7.75. The van der Waals surface area contributed by atoms with Crippen LogP contribution in [0.5, 0.6) is 5.88 Å². The van der Waals surface area contributed by atoms with Gasteiger partial charge in [0, 0.05) is 18.3 Å². The van der Waals surface area contributed by atoms with Gasteiger partial charge in [0.15, 0.2) is 0 Å². The molecule has 1 aliphatic rings. The second-order valence-electron chi connectivity index (χ2n) is 4.65. The van der Waals surface area contributed by atoms with E-state index in [2.05, 4.69) is 4.98 Å². The van der Waals surface area contributed by atoms with E-state index in [0.717, 1.165) is 24.5 Å². The van der Waals surface area contributed by atoms with Gasteiger partial charge in [-0.15, -0.1) is 0 Å². The molecule has 1 atom stereocenters. The van der Waals surface area contributed by atoms with Gasteiger partial charge >= 0.3 is 0 Å². The van der Waals surface area contributed by atoms with Gasteiger partial charge in [0.2, 0.25) is 5.88 Å². The molecule has 0 spiro atoms. The molecule has 0 bridgehead atoms. The van der Waals surface area contributed by atoms with Crippen LogP contribution in [0.3, 0.4) is 0 Å². The number of aromatic nitrogens is 1. The van der Waals surface area contributed by atoms with Crippen molar-refractivity contribution in [3.8, 4) is 5.88 Å². The molecule has 1 heterocycles. The van der Waals surface area contributed by atoms with E-state index in [0.29, 0.717) is 5.88 Å². The summed E-state index contributed by atoms with van der Waals surface area (Å²) in [7, 11) is 0. The van der Waals surface area contributed by atoms with Crippen LogP contribution in [-0.2, 0) is 0 Å². The van der Waals surface area contributed by atoms with E-state index in [9.17, 15) is 0 Å². The molecule has 0 radical (unpaired) electrons. The maximum Gasteiger partial charge on any atom is 0.213 e. The second kappa shape index (κ2) is 5.30. The van der Waals surface area contributed by atoms with Crippen molar-refractivity contribution in [3.63, 3.8) is 0 Å². The quantitative estimate of drug-likeness (QED) is 0.830. The molecule has 0 saturated heterocycles. The van der Waals surface area contributed by atoms with Crippen molar-refractivity contribution in [2.75, 3.05) is 6.61 Å². The summed E-state index contributed by atoms with van der Waals surface area (Å²) in [6.45, 7) is 2.74. The van der Waals surface area contributed by atoms with E-state index in [-0.39, 0.29) is 6.04 Å². The summed E-state index contributed by atoms with van der Waals surface area (Å²) in [6, 6.07) is 3.92. The highest BCUT2D eigenvalue weighted by molar-refractivity contribution is 5.19. The Labute approximate surface area is 97.0 Å². The van der Waals surface area contributed by atoms with Gasteiger partial charge in [-0.2, -0.15) is 0 Å². The van der Waals surface area contributed by atoms with E-state index in [1.165, 1.54) is 19.3 Å². The summed E-state index contributed by atoms with van der Waals surface area (Å²) >= 11 is 0. The summed E-state index contributed by atoms with van der Waals surface area (Å²) in [5.74, 6) is 1.60. The monoisotopic (exact) mass is 220 g/mol.